The first-order valence-electron chi connectivity index (χ1n) is 7.71. The van der Waals surface area contributed by atoms with Crippen molar-refractivity contribution in [1.82, 2.24) is 4.98 Å². The van der Waals surface area contributed by atoms with Crippen molar-refractivity contribution in [3.63, 3.8) is 0 Å². The molecule has 0 aliphatic heterocycles. The average Bonchev–Trinajstić information content (AvgIpc) is 3.03. The molecule has 2 aromatic rings. The van der Waals surface area contributed by atoms with E-state index in [1.807, 2.05) is 12.1 Å². The number of nitrogens with one attached hydrogen (secondary N) is 1. The molecular formula is C17H21ClN2S. The second-order valence-corrected chi connectivity index (χ2v) is 9.09. The van der Waals surface area contributed by atoms with Crippen LogP contribution in [0.1, 0.15) is 40.0 Å². The lowest BCUT2D eigenvalue weighted by Crippen LogP contribution is -2.45. The van der Waals surface area contributed by atoms with Gasteiger partial charge in [-0.25, -0.2) is 4.98 Å². The highest BCUT2D eigenvalue weighted by Crippen LogP contribution is 2.63. The van der Waals surface area contributed by atoms with Gasteiger partial charge in [-0.2, -0.15) is 0 Å². The van der Waals surface area contributed by atoms with E-state index in [1.165, 1.54) is 24.0 Å². The van der Waals surface area contributed by atoms with Crippen molar-refractivity contribution >= 4 is 38.3 Å². The number of fused-ring (bicyclic) bond motifs is 3. The summed E-state index contributed by atoms with van der Waals surface area (Å²) in [5.74, 6) is 0.851. The Morgan fingerprint density at radius 3 is 2.86 bits per heavy atom. The number of halogens is 1. The maximum atomic E-state index is 6.06. The summed E-state index contributed by atoms with van der Waals surface area (Å²) in [6.45, 7) is 7.29. The van der Waals surface area contributed by atoms with E-state index in [2.05, 4.69) is 32.2 Å². The summed E-state index contributed by atoms with van der Waals surface area (Å²) in [6, 6.07) is 6.47. The zero-order valence-corrected chi connectivity index (χ0v) is 14.3. The van der Waals surface area contributed by atoms with E-state index in [0.717, 1.165) is 21.6 Å². The second kappa shape index (κ2) is 4.36. The van der Waals surface area contributed by atoms with Crippen molar-refractivity contribution in [3.05, 3.63) is 23.2 Å². The third kappa shape index (κ3) is 2.01. The first kappa shape index (κ1) is 13.8. The van der Waals surface area contributed by atoms with Crippen LogP contribution in [0, 0.1) is 16.7 Å². The van der Waals surface area contributed by atoms with E-state index in [0.29, 0.717) is 16.9 Å². The van der Waals surface area contributed by atoms with Gasteiger partial charge >= 0.3 is 0 Å². The first-order valence-corrected chi connectivity index (χ1v) is 8.91. The fourth-order valence-electron chi connectivity index (χ4n) is 4.75. The highest BCUT2D eigenvalue weighted by atomic mass is 35.5. The van der Waals surface area contributed by atoms with E-state index in [4.69, 9.17) is 16.6 Å². The van der Waals surface area contributed by atoms with Crippen molar-refractivity contribution in [2.24, 2.45) is 16.7 Å². The minimum atomic E-state index is 0.350. The molecular weight excluding hydrogens is 300 g/mol. The summed E-state index contributed by atoms with van der Waals surface area (Å²) in [7, 11) is 0. The normalized spacial score (nSPS) is 33.7. The molecule has 0 amide bonds. The number of aromatic nitrogens is 1. The first-order chi connectivity index (χ1) is 9.88. The molecule has 21 heavy (non-hydrogen) atoms. The molecule has 2 aliphatic carbocycles. The molecule has 112 valence electrons. The topological polar surface area (TPSA) is 24.9 Å². The van der Waals surface area contributed by atoms with E-state index in [9.17, 15) is 0 Å². The van der Waals surface area contributed by atoms with E-state index in [-0.39, 0.29) is 0 Å². The number of thiazole rings is 1. The van der Waals surface area contributed by atoms with Crippen LogP contribution >= 0.6 is 22.9 Å². The molecule has 1 heterocycles. The minimum absolute atomic E-state index is 0.350. The summed E-state index contributed by atoms with van der Waals surface area (Å²) in [5.41, 5.74) is 1.77. The van der Waals surface area contributed by atoms with Crippen LogP contribution in [-0.2, 0) is 0 Å². The fourth-order valence-corrected chi connectivity index (χ4v) is 5.79. The predicted octanol–water partition coefficient (Wildman–Crippen LogP) is 5.58. The number of benzene rings is 1. The Bertz CT molecular complexity index is 703. The predicted molar refractivity (Wildman–Crippen MR) is 91.3 cm³/mol. The Hall–Kier alpha value is -0.800. The number of nitrogens with zero attached hydrogens (tertiary/aromatic N) is 1. The van der Waals surface area contributed by atoms with Crippen LogP contribution in [0.2, 0.25) is 5.02 Å². The molecule has 0 radical (unpaired) electrons. The van der Waals surface area contributed by atoms with Crippen LogP contribution in [0.5, 0.6) is 0 Å². The summed E-state index contributed by atoms with van der Waals surface area (Å²) in [4.78, 5) is 4.74. The maximum Gasteiger partial charge on any atom is 0.184 e. The third-order valence-corrected chi connectivity index (χ3v) is 7.09. The maximum absolute atomic E-state index is 6.06. The molecule has 1 aromatic carbocycles. The smallest absolute Gasteiger partial charge is 0.184 e. The number of rotatable bonds is 2. The number of anilines is 1. The highest BCUT2D eigenvalue weighted by Gasteiger charge is 2.59. The Kier molecular flexibility index (Phi) is 2.87. The molecule has 3 unspecified atom stereocenters. The number of hydrogen-bond acceptors (Lipinski definition) is 3. The average molecular weight is 321 g/mol. The van der Waals surface area contributed by atoms with Crippen molar-refractivity contribution in [1.29, 1.82) is 0 Å². The van der Waals surface area contributed by atoms with Crippen molar-refractivity contribution in [3.8, 4) is 0 Å². The summed E-state index contributed by atoms with van der Waals surface area (Å²) < 4.78 is 1.20. The summed E-state index contributed by atoms with van der Waals surface area (Å²) in [5, 5.41) is 5.57. The van der Waals surface area contributed by atoms with Crippen LogP contribution < -0.4 is 5.32 Å². The molecule has 1 N–H and O–H groups in total. The highest BCUT2D eigenvalue weighted by molar-refractivity contribution is 7.22. The van der Waals surface area contributed by atoms with E-state index < -0.39 is 0 Å². The van der Waals surface area contributed by atoms with Gasteiger partial charge in [0.15, 0.2) is 5.13 Å². The van der Waals surface area contributed by atoms with Gasteiger partial charge in [-0.05, 0) is 54.2 Å². The molecule has 2 fully saturated rings. The number of hydrogen-bond donors (Lipinski definition) is 1. The van der Waals surface area contributed by atoms with Gasteiger partial charge in [-0.15, -0.1) is 0 Å². The zero-order valence-electron chi connectivity index (χ0n) is 12.7. The summed E-state index contributed by atoms with van der Waals surface area (Å²) >= 11 is 7.80. The third-order valence-electron chi connectivity index (χ3n) is 5.89. The monoisotopic (exact) mass is 320 g/mol. The molecule has 4 heteroatoms. The van der Waals surface area contributed by atoms with Crippen LogP contribution in [0.15, 0.2) is 18.2 Å². The molecule has 2 bridgehead atoms. The molecule has 0 saturated heterocycles. The zero-order chi connectivity index (χ0) is 14.8. The van der Waals surface area contributed by atoms with Gasteiger partial charge in [0.05, 0.1) is 10.2 Å². The van der Waals surface area contributed by atoms with Gasteiger partial charge in [-0.3, -0.25) is 0 Å². The molecule has 2 saturated carbocycles. The van der Waals surface area contributed by atoms with Crippen LogP contribution in [0.4, 0.5) is 5.13 Å². The quantitative estimate of drug-likeness (QED) is 0.781. The Morgan fingerprint density at radius 1 is 1.33 bits per heavy atom. The Labute approximate surface area is 134 Å². The Morgan fingerprint density at radius 2 is 2.14 bits per heavy atom. The Balaban J connectivity index is 1.68. The lowest BCUT2D eigenvalue weighted by molar-refractivity contribution is 0.155. The SMILES string of the molecule is CC12CCC(C1)C(C)(C)C2Nc1nc2cc(Cl)ccc2s1. The van der Waals surface area contributed by atoms with Crippen molar-refractivity contribution < 1.29 is 0 Å². The molecule has 4 rings (SSSR count). The van der Waals surface area contributed by atoms with Gasteiger partial charge in [0.2, 0.25) is 0 Å². The minimum Gasteiger partial charge on any atom is -0.358 e. The standard InChI is InChI=1S/C17H21ClN2S/c1-16(2)10-6-7-17(3,9-10)14(16)20-15-19-12-8-11(18)4-5-13(12)21-15/h4-5,8,10,14H,6-7,9H2,1-3H3,(H,19,20). The summed E-state index contributed by atoms with van der Waals surface area (Å²) in [6.07, 6.45) is 4.08. The van der Waals surface area contributed by atoms with Crippen molar-refractivity contribution in [2.75, 3.05) is 5.32 Å². The van der Waals surface area contributed by atoms with Gasteiger partial charge < -0.3 is 5.32 Å². The fraction of sp³-hybridized carbons (Fsp3) is 0.588. The van der Waals surface area contributed by atoms with E-state index in [1.54, 1.807) is 11.3 Å². The van der Waals surface area contributed by atoms with Gasteiger partial charge in [0, 0.05) is 11.1 Å². The lowest BCUT2D eigenvalue weighted by atomic mass is 9.68. The van der Waals surface area contributed by atoms with Crippen LogP contribution in [-0.4, -0.2) is 11.0 Å². The van der Waals surface area contributed by atoms with Crippen molar-refractivity contribution in [2.45, 2.75) is 46.1 Å². The molecule has 3 atom stereocenters. The second-order valence-electron chi connectivity index (χ2n) is 7.62. The largest absolute Gasteiger partial charge is 0.358 e. The van der Waals surface area contributed by atoms with Crippen LogP contribution in [0.3, 0.4) is 0 Å². The molecule has 1 aromatic heterocycles. The van der Waals surface area contributed by atoms with Gasteiger partial charge in [0.1, 0.15) is 0 Å². The molecule has 0 spiro atoms. The molecule has 2 aliphatic rings. The van der Waals surface area contributed by atoms with Crippen LogP contribution in [0.25, 0.3) is 10.2 Å². The lowest BCUT2D eigenvalue weighted by Gasteiger charge is -2.43. The van der Waals surface area contributed by atoms with Gasteiger partial charge in [-0.1, -0.05) is 43.7 Å². The molecule has 2 nitrogen and oxygen atoms in total. The van der Waals surface area contributed by atoms with E-state index >= 15 is 0 Å². The van der Waals surface area contributed by atoms with Gasteiger partial charge in [0.25, 0.3) is 0 Å².